The van der Waals surface area contributed by atoms with Crippen LogP contribution in [0.2, 0.25) is 0 Å². The van der Waals surface area contributed by atoms with E-state index >= 15 is 0 Å². The van der Waals surface area contributed by atoms with Crippen LogP contribution in [0.3, 0.4) is 0 Å². The van der Waals surface area contributed by atoms with E-state index in [1.54, 1.807) is 0 Å². The Morgan fingerprint density at radius 2 is 1.74 bits per heavy atom. The van der Waals surface area contributed by atoms with Gasteiger partial charge in [0.15, 0.2) is 0 Å². The third-order valence-corrected chi connectivity index (χ3v) is 4.38. The van der Waals surface area contributed by atoms with Crippen LogP contribution in [0.15, 0.2) is 40.9 Å². The molecule has 0 amide bonds. The van der Waals surface area contributed by atoms with Crippen molar-refractivity contribution in [3.8, 4) is 0 Å². The highest BCUT2D eigenvalue weighted by molar-refractivity contribution is 9.10. The Balaban J connectivity index is 1.83. The number of hydrogen-bond donors (Lipinski definition) is 2. The molecule has 2 aromatic rings. The van der Waals surface area contributed by atoms with Gasteiger partial charge in [0, 0.05) is 10.2 Å². The van der Waals surface area contributed by atoms with E-state index in [1.807, 2.05) is 0 Å². The van der Waals surface area contributed by atoms with Crippen LogP contribution >= 0.6 is 15.9 Å². The lowest BCUT2D eigenvalue weighted by molar-refractivity contribution is 0.116. The van der Waals surface area contributed by atoms with Crippen LogP contribution in [0.25, 0.3) is 10.8 Å². The average Bonchev–Trinajstić information content (AvgIpc) is 2.41. The first kappa shape index (κ1) is 12.9. The zero-order chi connectivity index (χ0) is 13.2. The van der Waals surface area contributed by atoms with Gasteiger partial charge in [0.2, 0.25) is 0 Å². The van der Waals surface area contributed by atoms with Crippen molar-refractivity contribution in [2.75, 3.05) is 5.32 Å². The number of nitrogens with one attached hydrogen (secondary N) is 1. The Morgan fingerprint density at radius 1 is 1.00 bits per heavy atom. The van der Waals surface area contributed by atoms with E-state index in [1.165, 1.54) is 17.2 Å². The molecule has 0 aromatic heterocycles. The van der Waals surface area contributed by atoms with Gasteiger partial charge in [-0.1, -0.05) is 40.9 Å². The molecule has 0 spiro atoms. The molecule has 0 saturated heterocycles. The van der Waals surface area contributed by atoms with Gasteiger partial charge in [-0.25, -0.2) is 0 Å². The van der Waals surface area contributed by atoms with E-state index in [9.17, 15) is 5.11 Å². The second kappa shape index (κ2) is 5.51. The van der Waals surface area contributed by atoms with E-state index < -0.39 is 0 Å². The molecule has 100 valence electrons. The Kier molecular flexibility index (Phi) is 3.76. The molecule has 0 aliphatic heterocycles. The fraction of sp³-hybridized carbons (Fsp3) is 0.375. The Hall–Kier alpha value is -1.06. The summed E-state index contributed by atoms with van der Waals surface area (Å²) in [5, 5.41) is 15.9. The number of aliphatic hydroxyl groups is 1. The normalized spacial score (nSPS) is 23.5. The molecule has 1 aliphatic carbocycles. The molecule has 1 saturated carbocycles. The fourth-order valence-corrected chi connectivity index (χ4v) is 3.18. The number of benzene rings is 2. The Morgan fingerprint density at radius 3 is 2.58 bits per heavy atom. The van der Waals surface area contributed by atoms with Gasteiger partial charge >= 0.3 is 0 Å². The van der Waals surface area contributed by atoms with Crippen molar-refractivity contribution in [2.24, 2.45) is 0 Å². The van der Waals surface area contributed by atoms with Crippen molar-refractivity contribution < 1.29 is 5.11 Å². The highest BCUT2D eigenvalue weighted by atomic mass is 79.9. The van der Waals surface area contributed by atoms with E-state index in [-0.39, 0.29) is 12.1 Å². The van der Waals surface area contributed by atoms with Crippen LogP contribution in [0.4, 0.5) is 5.69 Å². The maximum absolute atomic E-state index is 10.0. The molecule has 3 heteroatoms. The topological polar surface area (TPSA) is 32.3 Å². The minimum absolute atomic E-state index is 0.196. The molecular weight excluding hydrogens is 302 g/mol. The second-order valence-electron chi connectivity index (χ2n) is 5.31. The summed E-state index contributed by atoms with van der Waals surface area (Å²) in [5.41, 5.74) is 1.10. The molecule has 0 heterocycles. The second-order valence-corrected chi connectivity index (χ2v) is 6.22. The predicted molar refractivity (Wildman–Crippen MR) is 83.5 cm³/mol. The summed E-state index contributed by atoms with van der Waals surface area (Å²) in [6.45, 7) is 0. The smallest absolute Gasteiger partial charge is 0.0741 e. The van der Waals surface area contributed by atoms with Gasteiger partial charge in [-0.15, -0.1) is 0 Å². The third kappa shape index (κ3) is 2.93. The van der Waals surface area contributed by atoms with Crippen LogP contribution < -0.4 is 5.32 Å². The molecule has 2 aromatic carbocycles. The number of fused-ring (bicyclic) bond motifs is 1. The number of aliphatic hydroxyl groups excluding tert-OH is 1. The van der Waals surface area contributed by atoms with Crippen molar-refractivity contribution in [3.63, 3.8) is 0 Å². The molecule has 2 nitrogen and oxygen atoms in total. The minimum Gasteiger partial charge on any atom is -0.391 e. The van der Waals surface area contributed by atoms with Crippen LogP contribution in [-0.2, 0) is 0 Å². The van der Waals surface area contributed by atoms with Gasteiger partial charge in [0.1, 0.15) is 0 Å². The van der Waals surface area contributed by atoms with E-state index in [0.29, 0.717) is 0 Å². The lowest BCUT2D eigenvalue weighted by Gasteiger charge is -2.29. The quantitative estimate of drug-likeness (QED) is 0.864. The molecule has 0 radical (unpaired) electrons. The summed E-state index contributed by atoms with van der Waals surface area (Å²) >= 11 is 3.49. The summed E-state index contributed by atoms with van der Waals surface area (Å²) < 4.78 is 1.10. The van der Waals surface area contributed by atoms with Crippen LogP contribution in [0.1, 0.15) is 25.7 Å². The van der Waals surface area contributed by atoms with Crippen LogP contribution in [-0.4, -0.2) is 17.3 Å². The summed E-state index contributed by atoms with van der Waals surface area (Å²) in [4.78, 5) is 0. The first-order chi connectivity index (χ1) is 9.22. The highest BCUT2D eigenvalue weighted by Gasteiger charge is 2.22. The predicted octanol–water partition coefficient (Wildman–Crippen LogP) is 4.32. The summed E-state index contributed by atoms with van der Waals surface area (Å²) in [5.74, 6) is 0. The summed E-state index contributed by atoms with van der Waals surface area (Å²) in [6, 6.07) is 12.9. The standard InChI is InChI=1S/C16H18BrNO/c17-13-7-5-12-10-14(8-6-11(12)9-13)18-15-3-1-2-4-16(15)19/h5-10,15-16,18-19H,1-4H2. The van der Waals surface area contributed by atoms with Crippen molar-refractivity contribution in [3.05, 3.63) is 40.9 Å². The fourth-order valence-electron chi connectivity index (χ4n) is 2.80. The SMILES string of the molecule is OC1CCCCC1Nc1ccc2cc(Br)ccc2c1. The van der Waals surface area contributed by atoms with E-state index in [4.69, 9.17) is 0 Å². The van der Waals surface area contributed by atoms with Gasteiger partial charge in [0.25, 0.3) is 0 Å². The Labute approximate surface area is 122 Å². The Bertz CT molecular complexity index is 584. The van der Waals surface area contributed by atoms with Crippen molar-refractivity contribution >= 4 is 32.4 Å². The molecule has 1 aliphatic rings. The van der Waals surface area contributed by atoms with E-state index in [2.05, 4.69) is 57.6 Å². The van der Waals surface area contributed by atoms with Gasteiger partial charge in [-0.05, 0) is 47.9 Å². The van der Waals surface area contributed by atoms with Gasteiger partial charge in [0.05, 0.1) is 12.1 Å². The monoisotopic (exact) mass is 319 g/mol. The van der Waals surface area contributed by atoms with Crippen molar-refractivity contribution in [2.45, 2.75) is 37.8 Å². The molecule has 2 N–H and O–H groups in total. The maximum Gasteiger partial charge on any atom is 0.0741 e. The van der Waals surface area contributed by atoms with Crippen LogP contribution in [0.5, 0.6) is 0 Å². The zero-order valence-electron chi connectivity index (χ0n) is 10.8. The largest absolute Gasteiger partial charge is 0.391 e. The third-order valence-electron chi connectivity index (χ3n) is 3.88. The van der Waals surface area contributed by atoms with E-state index in [0.717, 1.165) is 29.4 Å². The first-order valence-corrected chi connectivity index (χ1v) is 7.65. The lowest BCUT2D eigenvalue weighted by atomic mass is 9.92. The maximum atomic E-state index is 10.0. The molecule has 2 unspecified atom stereocenters. The number of hydrogen-bond acceptors (Lipinski definition) is 2. The summed E-state index contributed by atoms with van der Waals surface area (Å²) in [6.07, 6.45) is 4.10. The minimum atomic E-state index is -0.214. The molecule has 19 heavy (non-hydrogen) atoms. The number of rotatable bonds is 2. The average molecular weight is 320 g/mol. The number of halogens is 1. The first-order valence-electron chi connectivity index (χ1n) is 6.86. The number of anilines is 1. The molecule has 2 atom stereocenters. The molecule has 0 bridgehead atoms. The van der Waals surface area contributed by atoms with Crippen molar-refractivity contribution in [1.82, 2.24) is 0 Å². The van der Waals surface area contributed by atoms with Crippen molar-refractivity contribution in [1.29, 1.82) is 0 Å². The van der Waals surface area contributed by atoms with Gasteiger partial charge in [-0.3, -0.25) is 0 Å². The molecule has 3 rings (SSSR count). The summed E-state index contributed by atoms with van der Waals surface area (Å²) in [7, 11) is 0. The van der Waals surface area contributed by atoms with Crippen LogP contribution in [0, 0.1) is 0 Å². The van der Waals surface area contributed by atoms with Gasteiger partial charge < -0.3 is 10.4 Å². The van der Waals surface area contributed by atoms with Gasteiger partial charge in [-0.2, -0.15) is 0 Å². The molecule has 1 fully saturated rings. The molecular formula is C16H18BrNO. The zero-order valence-corrected chi connectivity index (χ0v) is 12.4. The lowest BCUT2D eigenvalue weighted by Crippen LogP contribution is -2.36. The highest BCUT2D eigenvalue weighted by Crippen LogP contribution is 2.26.